The minimum Gasteiger partial charge on any atom is -0.491 e. The molecule has 2 unspecified atom stereocenters. The van der Waals surface area contributed by atoms with Gasteiger partial charge >= 0.3 is 0 Å². The van der Waals surface area contributed by atoms with Crippen molar-refractivity contribution in [1.29, 1.82) is 0 Å². The number of carbonyl (C=O) groups excluding carboxylic acids is 1. The molecule has 0 saturated carbocycles. The number of pyridine rings is 1. The largest absolute Gasteiger partial charge is 0.491 e. The first-order valence-electron chi connectivity index (χ1n) is 8.27. The van der Waals surface area contributed by atoms with Gasteiger partial charge in [0.25, 0.3) is 5.91 Å². The molecule has 2 heterocycles. The van der Waals surface area contributed by atoms with Gasteiger partial charge in [-0.15, -0.1) is 0 Å². The Morgan fingerprint density at radius 3 is 2.96 bits per heavy atom. The molecule has 1 N–H and O–H groups in total. The monoisotopic (exact) mass is 326 g/mol. The number of amides is 1. The van der Waals surface area contributed by atoms with Crippen molar-refractivity contribution in [1.82, 2.24) is 10.3 Å². The molecule has 1 aromatic carbocycles. The zero-order valence-electron chi connectivity index (χ0n) is 13.8. The third kappa shape index (κ3) is 4.32. The molecule has 1 aliphatic rings. The summed E-state index contributed by atoms with van der Waals surface area (Å²) < 4.78 is 11.3. The van der Waals surface area contributed by atoms with E-state index in [-0.39, 0.29) is 18.1 Å². The lowest BCUT2D eigenvalue weighted by Crippen LogP contribution is -2.26. The number of carbonyl (C=O) groups is 1. The maximum Gasteiger partial charge on any atom is 0.251 e. The zero-order valence-corrected chi connectivity index (χ0v) is 13.8. The molecule has 1 fully saturated rings. The molecule has 0 aliphatic carbocycles. The van der Waals surface area contributed by atoms with Crippen LogP contribution in [0.3, 0.4) is 0 Å². The number of hydrogen-bond donors (Lipinski definition) is 1. The molecule has 3 rings (SSSR count). The van der Waals surface area contributed by atoms with E-state index in [1.807, 2.05) is 31.2 Å². The lowest BCUT2D eigenvalue weighted by Gasteiger charge is -2.15. The normalized spacial score (nSPS) is 18.1. The van der Waals surface area contributed by atoms with Crippen molar-refractivity contribution in [2.45, 2.75) is 31.9 Å². The molecule has 5 nitrogen and oxygen atoms in total. The molecule has 1 amide bonds. The van der Waals surface area contributed by atoms with Crippen LogP contribution in [0.5, 0.6) is 5.75 Å². The van der Waals surface area contributed by atoms with E-state index in [9.17, 15) is 4.79 Å². The van der Waals surface area contributed by atoms with Crippen molar-refractivity contribution in [2.75, 3.05) is 13.2 Å². The second kappa shape index (κ2) is 7.93. The number of ether oxygens (including phenoxy) is 2. The third-order valence-electron chi connectivity index (χ3n) is 4.11. The van der Waals surface area contributed by atoms with Crippen LogP contribution in [0.25, 0.3) is 0 Å². The summed E-state index contributed by atoms with van der Waals surface area (Å²) in [4.78, 5) is 16.4. The van der Waals surface area contributed by atoms with Crippen molar-refractivity contribution in [3.8, 4) is 5.75 Å². The van der Waals surface area contributed by atoms with Gasteiger partial charge in [-0.3, -0.25) is 9.78 Å². The first-order chi connectivity index (χ1) is 11.7. The molecule has 1 aromatic heterocycles. The van der Waals surface area contributed by atoms with Gasteiger partial charge in [0.2, 0.25) is 0 Å². The molecular formula is C19H22N2O3. The summed E-state index contributed by atoms with van der Waals surface area (Å²) in [5, 5.41) is 2.99. The van der Waals surface area contributed by atoms with E-state index in [0.717, 1.165) is 25.0 Å². The maximum absolute atomic E-state index is 12.4. The van der Waals surface area contributed by atoms with E-state index in [1.165, 1.54) is 0 Å². The minimum absolute atomic E-state index is 0.0861. The predicted molar refractivity (Wildman–Crippen MR) is 91.0 cm³/mol. The Labute approximate surface area is 142 Å². The summed E-state index contributed by atoms with van der Waals surface area (Å²) in [5.41, 5.74) is 1.60. The number of nitrogens with one attached hydrogen (secondary N) is 1. The highest BCUT2D eigenvalue weighted by Gasteiger charge is 2.16. The summed E-state index contributed by atoms with van der Waals surface area (Å²) in [5.74, 6) is 0.566. The Morgan fingerprint density at radius 2 is 2.21 bits per heavy atom. The summed E-state index contributed by atoms with van der Waals surface area (Å²) in [6.07, 6.45) is 5.72. The number of hydrogen-bond acceptors (Lipinski definition) is 4. The number of aromatic nitrogens is 1. The second-order valence-corrected chi connectivity index (χ2v) is 5.95. The van der Waals surface area contributed by atoms with E-state index in [2.05, 4.69) is 10.3 Å². The molecule has 5 heteroatoms. The number of benzene rings is 1. The third-order valence-corrected chi connectivity index (χ3v) is 4.11. The van der Waals surface area contributed by atoms with E-state index in [0.29, 0.717) is 17.9 Å². The van der Waals surface area contributed by atoms with Crippen LogP contribution >= 0.6 is 0 Å². The van der Waals surface area contributed by atoms with Crippen LogP contribution in [0.15, 0.2) is 48.8 Å². The molecule has 1 aliphatic heterocycles. The van der Waals surface area contributed by atoms with Crippen molar-refractivity contribution in [3.05, 3.63) is 59.9 Å². The van der Waals surface area contributed by atoms with Crippen molar-refractivity contribution in [3.63, 3.8) is 0 Å². The molecule has 2 aromatic rings. The van der Waals surface area contributed by atoms with Crippen molar-refractivity contribution in [2.24, 2.45) is 0 Å². The average molecular weight is 326 g/mol. The van der Waals surface area contributed by atoms with Crippen LogP contribution < -0.4 is 10.1 Å². The highest BCUT2D eigenvalue weighted by Crippen LogP contribution is 2.18. The highest BCUT2D eigenvalue weighted by molar-refractivity contribution is 5.94. The molecule has 0 radical (unpaired) electrons. The van der Waals surface area contributed by atoms with Gasteiger partial charge in [-0.1, -0.05) is 6.07 Å². The lowest BCUT2D eigenvalue weighted by molar-refractivity contribution is 0.0679. The van der Waals surface area contributed by atoms with Gasteiger partial charge in [0.15, 0.2) is 0 Å². The van der Waals surface area contributed by atoms with Gasteiger partial charge < -0.3 is 14.8 Å². The summed E-state index contributed by atoms with van der Waals surface area (Å²) in [6, 6.07) is 10.9. The first-order valence-corrected chi connectivity index (χ1v) is 8.27. The SMILES string of the molecule is CC(NC(=O)c1cccc(OCC2CCCO2)c1)c1ccncc1. The van der Waals surface area contributed by atoms with Gasteiger partial charge in [-0.25, -0.2) is 0 Å². The molecule has 0 spiro atoms. The molecule has 0 bridgehead atoms. The smallest absolute Gasteiger partial charge is 0.251 e. The van der Waals surface area contributed by atoms with Gasteiger partial charge in [0.1, 0.15) is 12.4 Å². The van der Waals surface area contributed by atoms with E-state index in [4.69, 9.17) is 9.47 Å². The van der Waals surface area contributed by atoms with Crippen LogP contribution in [-0.2, 0) is 4.74 Å². The van der Waals surface area contributed by atoms with Gasteiger partial charge in [0, 0.05) is 24.6 Å². The topological polar surface area (TPSA) is 60.5 Å². The standard InChI is InChI=1S/C19H22N2O3/c1-14(15-7-9-20-10-8-15)21-19(22)16-4-2-5-17(12-16)24-13-18-6-3-11-23-18/h2,4-5,7-10,12,14,18H,3,6,11,13H2,1H3,(H,21,22). The molecule has 126 valence electrons. The van der Waals surface area contributed by atoms with Crippen molar-refractivity contribution < 1.29 is 14.3 Å². The Hall–Kier alpha value is -2.40. The molecule has 24 heavy (non-hydrogen) atoms. The van der Waals surface area contributed by atoms with E-state index in [1.54, 1.807) is 24.5 Å². The molecule has 2 atom stereocenters. The van der Waals surface area contributed by atoms with E-state index < -0.39 is 0 Å². The van der Waals surface area contributed by atoms with Crippen LogP contribution in [-0.4, -0.2) is 30.2 Å². The fourth-order valence-corrected chi connectivity index (χ4v) is 2.71. The van der Waals surface area contributed by atoms with Gasteiger partial charge in [0.05, 0.1) is 12.1 Å². The fraction of sp³-hybridized carbons (Fsp3) is 0.368. The fourth-order valence-electron chi connectivity index (χ4n) is 2.71. The van der Waals surface area contributed by atoms with Crippen LogP contribution in [0.4, 0.5) is 0 Å². The van der Waals surface area contributed by atoms with Crippen molar-refractivity contribution >= 4 is 5.91 Å². The number of rotatable bonds is 6. The first kappa shape index (κ1) is 16.5. The Morgan fingerprint density at radius 1 is 1.38 bits per heavy atom. The second-order valence-electron chi connectivity index (χ2n) is 5.95. The molecule has 1 saturated heterocycles. The van der Waals surface area contributed by atoms with Crippen LogP contribution in [0.1, 0.15) is 41.7 Å². The zero-order chi connectivity index (χ0) is 16.8. The Balaban J connectivity index is 1.59. The van der Waals surface area contributed by atoms with Crippen LogP contribution in [0, 0.1) is 0 Å². The minimum atomic E-state index is -0.123. The summed E-state index contributed by atoms with van der Waals surface area (Å²) >= 11 is 0. The average Bonchev–Trinajstić information content (AvgIpc) is 3.14. The number of nitrogens with zero attached hydrogens (tertiary/aromatic N) is 1. The van der Waals surface area contributed by atoms with Gasteiger partial charge in [-0.2, -0.15) is 0 Å². The summed E-state index contributed by atoms with van der Waals surface area (Å²) in [7, 11) is 0. The van der Waals surface area contributed by atoms with E-state index >= 15 is 0 Å². The maximum atomic E-state index is 12.4. The highest BCUT2D eigenvalue weighted by atomic mass is 16.5. The van der Waals surface area contributed by atoms with Crippen LogP contribution in [0.2, 0.25) is 0 Å². The Bertz CT molecular complexity index is 669. The van der Waals surface area contributed by atoms with Gasteiger partial charge in [-0.05, 0) is 55.7 Å². The summed E-state index contributed by atoms with van der Waals surface area (Å²) in [6.45, 7) is 3.28. The quantitative estimate of drug-likeness (QED) is 0.886. The Kier molecular flexibility index (Phi) is 5.43. The lowest BCUT2D eigenvalue weighted by atomic mass is 10.1. The predicted octanol–water partition coefficient (Wildman–Crippen LogP) is 3.13. The molecular weight excluding hydrogens is 304 g/mol.